The molecular formula is C17H16N8O5S4. The molecule has 2 aromatic heterocycles. The number of carbonyl (C=O) groups is 3. The molecule has 178 valence electrons. The van der Waals surface area contributed by atoms with E-state index in [1.807, 2.05) is 0 Å². The molecule has 17 heteroatoms. The first-order valence-electron chi connectivity index (χ1n) is 9.41. The van der Waals surface area contributed by atoms with Gasteiger partial charge in [0, 0.05) is 23.0 Å². The van der Waals surface area contributed by atoms with Crippen LogP contribution in [0.2, 0.25) is 0 Å². The predicted octanol–water partition coefficient (Wildman–Crippen LogP) is 0.409. The van der Waals surface area contributed by atoms with E-state index in [1.165, 1.54) is 45.8 Å². The molecular weight excluding hydrogens is 525 g/mol. The van der Waals surface area contributed by atoms with Crippen molar-refractivity contribution in [1.29, 1.82) is 0 Å². The van der Waals surface area contributed by atoms with E-state index >= 15 is 0 Å². The second-order valence-corrected chi connectivity index (χ2v) is 10.5. The van der Waals surface area contributed by atoms with Crippen LogP contribution in [-0.4, -0.2) is 82.6 Å². The first kappa shape index (κ1) is 24.1. The van der Waals surface area contributed by atoms with Crippen molar-refractivity contribution >= 4 is 75.0 Å². The van der Waals surface area contributed by atoms with E-state index in [0.29, 0.717) is 21.4 Å². The van der Waals surface area contributed by atoms with Crippen LogP contribution >= 0.6 is 46.4 Å². The van der Waals surface area contributed by atoms with Crippen molar-refractivity contribution in [1.82, 2.24) is 29.8 Å². The first-order chi connectivity index (χ1) is 16.4. The number of anilines is 1. The van der Waals surface area contributed by atoms with Gasteiger partial charge in [-0.1, -0.05) is 40.9 Å². The number of thioether (sulfide) groups is 2. The number of hydrogen-bond acceptors (Lipinski definition) is 14. The van der Waals surface area contributed by atoms with Gasteiger partial charge < -0.3 is 21.0 Å². The smallest absolute Gasteiger partial charge is 0.352 e. The molecule has 2 atom stereocenters. The summed E-state index contributed by atoms with van der Waals surface area (Å²) >= 11 is 4.93. The molecule has 1 fully saturated rings. The van der Waals surface area contributed by atoms with Gasteiger partial charge >= 0.3 is 5.97 Å². The van der Waals surface area contributed by atoms with Crippen LogP contribution in [0.4, 0.5) is 5.13 Å². The number of fused-ring (bicyclic) bond motifs is 1. The van der Waals surface area contributed by atoms with Gasteiger partial charge in [0.2, 0.25) is 11.5 Å². The summed E-state index contributed by atoms with van der Waals surface area (Å²) < 4.78 is 4.67. The Morgan fingerprint density at radius 3 is 2.97 bits per heavy atom. The Morgan fingerprint density at radius 1 is 1.50 bits per heavy atom. The van der Waals surface area contributed by atoms with Crippen LogP contribution in [0.3, 0.4) is 0 Å². The molecule has 2 aromatic rings. The van der Waals surface area contributed by atoms with Crippen LogP contribution in [0.15, 0.2) is 38.9 Å². The summed E-state index contributed by atoms with van der Waals surface area (Å²) in [6.07, 6.45) is 1.44. The number of nitrogens with one attached hydrogen (secondary N) is 1. The second-order valence-electron chi connectivity index (χ2n) is 6.59. The lowest BCUT2D eigenvalue weighted by Crippen LogP contribution is -2.71. The number of oxime groups is 1. The number of nitrogens with two attached hydrogens (primary N) is 1. The maximum Gasteiger partial charge on any atom is 0.352 e. The molecule has 13 nitrogen and oxygen atoms in total. The summed E-state index contributed by atoms with van der Waals surface area (Å²) in [7, 11) is 0. The summed E-state index contributed by atoms with van der Waals surface area (Å²) in [5, 5.41) is 23.4. The van der Waals surface area contributed by atoms with E-state index in [9.17, 15) is 19.5 Å². The largest absolute Gasteiger partial charge is 0.477 e. The average molecular weight is 541 g/mol. The SMILES string of the molecule is C=CCO/N=C(/C(=O)NC1C(=O)N2C(C(=O)O)=C(CSc3nncs3)CSC12)c1nsc(N)n1. The summed E-state index contributed by atoms with van der Waals surface area (Å²) in [6, 6.07) is -0.954. The van der Waals surface area contributed by atoms with E-state index in [1.54, 1.807) is 5.51 Å². The summed E-state index contributed by atoms with van der Waals surface area (Å²) in [5.41, 5.74) is 7.44. The molecule has 0 spiro atoms. The van der Waals surface area contributed by atoms with Crippen molar-refractivity contribution in [3.05, 3.63) is 35.3 Å². The van der Waals surface area contributed by atoms with Gasteiger partial charge in [0.25, 0.3) is 11.8 Å². The van der Waals surface area contributed by atoms with E-state index in [4.69, 9.17) is 10.6 Å². The normalized spacial score (nSPS) is 19.9. The molecule has 2 unspecified atom stereocenters. The fraction of sp³-hybridized carbons (Fsp3) is 0.294. The Bertz CT molecular complexity index is 1180. The molecule has 0 bridgehead atoms. The van der Waals surface area contributed by atoms with Crippen LogP contribution in [0, 0.1) is 0 Å². The Hall–Kier alpha value is -3.02. The van der Waals surface area contributed by atoms with E-state index < -0.39 is 29.2 Å². The molecule has 0 aliphatic carbocycles. The van der Waals surface area contributed by atoms with Crippen LogP contribution in [-0.2, 0) is 19.2 Å². The zero-order valence-corrected chi connectivity index (χ0v) is 20.4. The zero-order valence-electron chi connectivity index (χ0n) is 17.1. The van der Waals surface area contributed by atoms with Gasteiger partial charge in [-0.15, -0.1) is 22.0 Å². The maximum absolute atomic E-state index is 12.9. The number of β-lactam (4-membered cyclic amide) rings is 1. The fourth-order valence-corrected chi connectivity index (χ4v) is 6.46. The highest BCUT2D eigenvalue weighted by molar-refractivity contribution is 8.01. The molecule has 4 heterocycles. The molecule has 34 heavy (non-hydrogen) atoms. The van der Waals surface area contributed by atoms with Crippen LogP contribution in [0.5, 0.6) is 0 Å². The van der Waals surface area contributed by atoms with Gasteiger partial charge in [-0.25, -0.2) is 4.79 Å². The highest BCUT2D eigenvalue weighted by Crippen LogP contribution is 2.41. The third-order valence-electron chi connectivity index (χ3n) is 4.46. The minimum atomic E-state index is -1.21. The van der Waals surface area contributed by atoms with E-state index in [2.05, 4.69) is 36.6 Å². The van der Waals surface area contributed by atoms with Crippen LogP contribution in [0.25, 0.3) is 0 Å². The number of rotatable bonds is 10. The molecule has 2 aliphatic heterocycles. The van der Waals surface area contributed by atoms with E-state index in [0.717, 1.165) is 11.5 Å². The molecule has 2 amide bonds. The highest BCUT2D eigenvalue weighted by atomic mass is 32.2. The number of carbonyl (C=O) groups excluding carboxylic acids is 2. The Labute approximate surface area is 208 Å². The topological polar surface area (TPSA) is 186 Å². The standard InChI is InChI=1S/C17H16N8O5S4/c1-2-3-30-23-8(11-21-16(18)34-24-11)12(26)20-9-13(27)25-10(15(28)29)7(4-31-14(9)25)5-32-17-22-19-6-33-17/h2,6,9,14H,1,3-5H2,(H,20,26)(H,28,29)(H2,18,21,24)/b23-8+. The third-order valence-corrected chi connectivity index (χ3v) is 8.29. The summed E-state index contributed by atoms with van der Waals surface area (Å²) in [4.78, 5) is 47.9. The number of nitrogen functional groups attached to an aromatic ring is 1. The number of nitrogens with zero attached hydrogens (tertiary/aromatic N) is 6. The number of aromatic nitrogens is 4. The lowest BCUT2D eigenvalue weighted by Gasteiger charge is -2.49. The predicted molar refractivity (Wildman–Crippen MR) is 127 cm³/mol. The fourth-order valence-electron chi connectivity index (χ4n) is 3.05. The minimum Gasteiger partial charge on any atom is -0.477 e. The summed E-state index contributed by atoms with van der Waals surface area (Å²) in [6.45, 7) is 3.54. The lowest BCUT2D eigenvalue weighted by molar-refractivity contribution is -0.150. The van der Waals surface area contributed by atoms with Crippen molar-refractivity contribution in [2.45, 2.75) is 15.8 Å². The average Bonchev–Trinajstić information content (AvgIpc) is 3.49. The molecule has 1 saturated heterocycles. The van der Waals surface area contributed by atoms with Gasteiger partial charge in [0.15, 0.2) is 9.47 Å². The minimum absolute atomic E-state index is 0.0373. The van der Waals surface area contributed by atoms with Crippen molar-refractivity contribution < 1.29 is 24.3 Å². The lowest BCUT2D eigenvalue weighted by atomic mass is 10.0. The quantitative estimate of drug-likeness (QED) is 0.0942. The van der Waals surface area contributed by atoms with Crippen molar-refractivity contribution in [3.8, 4) is 0 Å². The van der Waals surface area contributed by atoms with Crippen LogP contribution in [0.1, 0.15) is 5.82 Å². The molecule has 4 N–H and O–H groups in total. The van der Waals surface area contributed by atoms with Gasteiger partial charge in [0.1, 0.15) is 29.2 Å². The first-order valence-corrected chi connectivity index (χ1v) is 13.1. The third kappa shape index (κ3) is 4.91. The van der Waals surface area contributed by atoms with Gasteiger partial charge in [0.05, 0.1) is 0 Å². The molecule has 0 saturated carbocycles. The number of carboxylic acid groups (broad SMARTS) is 1. The number of hydrogen-bond donors (Lipinski definition) is 3. The molecule has 2 aliphatic rings. The number of aliphatic carboxylic acids is 1. The Kier molecular flexibility index (Phi) is 7.44. The Morgan fingerprint density at radius 2 is 2.32 bits per heavy atom. The molecule has 0 radical (unpaired) electrons. The van der Waals surface area contributed by atoms with Crippen molar-refractivity contribution in [2.75, 3.05) is 23.8 Å². The molecule has 4 rings (SSSR count). The van der Waals surface area contributed by atoms with Gasteiger partial charge in [-0.3, -0.25) is 14.5 Å². The summed E-state index contributed by atoms with van der Waals surface area (Å²) in [5.74, 6) is -1.82. The highest BCUT2D eigenvalue weighted by Gasteiger charge is 2.54. The van der Waals surface area contributed by atoms with Gasteiger partial charge in [-0.05, 0) is 5.57 Å². The number of amides is 2. The number of carboxylic acids is 1. The Balaban J connectivity index is 1.49. The van der Waals surface area contributed by atoms with Crippen molar-refractivity contribution in [3.63, 3.8) is 0 Å². The van der Waals surface area contributed by atoms with Gasteiger partial charge in [-0.2, -0.15) is 9.36 Å². The van der Waals surface area contributed by atoms with Crippen LogP contribution < -0.4 is 11.1 Å². The zero-order chi connectivity index (χ0) is 24.2. The van der Waals surface area contributed by atoms with E-state index in [-0.39, 0.29) is 29.0 Å². The monoisotopic (exact) mass is 540 g/mol. The molecule has 0 aromatic carbocycles. The maximum atomic E-state index is 12.9. The van der Waals surface area contributed by atoms with Crippen molar-refractivity contribution in [2.24, 2.45) is 5.16 Å². The second kappa shape index (κ2) is 10.5.